The molecule has 2 aromatic carbocycles. The summed E-state index contributed by atoms with van der Waals surface area (Å²) in [5, 5.41) is 11.8. The molecule has 0 spiro atoms. The summed E-state index contributed by atoms with van der Waals surface area (Å²) in [7, 11) is 1.42. The molecule has 0 aromatic heterocycles. The number of nitrogens with one attached hydrogen (secondary N) is 1. The molecule has 1 atom stereocenters. The van der Waals surface area contributed by atoms with Crippen molar-refractivity contribution in [1.29, 1.82) is 0 Å². The van der Waals surface area contributed by atoms with Crippen LogP contribution in [-0.4, -0.2) is 30.7 Å². The molecule has 2 aromatic rings. The molecule has 0 heterocycles. The highest BCUT2D eigenvalue weighted by Crippen LogP contribution is 2.26. The number of hydrogen-bond acceptors (Lipinski definition) is 4. The average molecular weight is 343 g/mol. The van der Waals surface area contributed by atoms with E-state index in [0.29, 0.717) is 24.5 Å². The predicted molar refractivity (Wildman–Crippen MR) is 94.3 cm³/mol. The lowest BCUT2D eigenvalue weighted by molar-refractivity contribution is -0.119. The first-order chi connectivity index (χ1) is 12.0. The first-order valence-corrected chi connectivity index (χ1v) is 7.91. The molecule has 0 saturated carbocycles. The van der Waals surface area contributed by atoms with Crippen LogP contribution in [0.4, 0.5) is 5.69 Å². The van der Waals surface area contributed by atoms with Crippen LogP contribution >= 0.6 is 0 Å². The van der Waals surface area contributed by atoms with Crippen LogP contribution in [0.3, 0.4) is 0 Å². The third kappa shape index (κ3) is 5.24. The maximum absolute atomic E-state index is 12.3. The van der Waals surface area contributed by atoms with Crippen molar-refractivity contribution in [3.05, 3.63) is 54.1 Å². The quantitative estimate of drug-likeness (QED) is 0.767. The van der Waals surface area contributed by atoms with Crippen LogP contribution < -0.4 is 14.8 Å². The van der Waals surface area contributed by atoms with Crippen molar-refractivity contribution in [3.63, 3.8) is 0 Å². The van der Waals surface area contributed by atoms with Crippen molar-refractivity contribution in [1.82, 2.24) is 0 Å². The second-order valence-electron chi connectivity index (χ2n) is 5.56. The van der Waals surface area contributed by atoms with E-state index in [1.807, 2.05) is 37.3 Å². The molecule has 0 aliphatic heterocycles. The fourth-order valence-corrected chi connectivity index (χ4v) is 2.18. The number of amides is 1. The van der Waals surface area contributed by atoms with Crippen molar-refractivity contribution in [3.8, 4) is 11.5 Å². The molecular weight excluding hydrogens is 322 g/mol. The molecule has 6 heteroatoms. The minimum atomic E-state index is -1.05. The third-order valence-corrected chi connectivity index (χ3v) is 3.72. The summed E-state index contributed by atoms with van der Waals surface area (Å²) >= 11 is 0. The Kier molecular flexibility index (Phi) is 6.39. The molecule has 0 aliphatic carbocycles. The molecule has 1 amide bonds. The Morgan fingerprint density at radius 3 is 2.52 bits per heavy atom. The fourth-order valence-electron chi connectivity index (χ4n) is 2.18. The smallest absolute Gasteiger partial charge is 0.335 e. The number of benzene rings is 2. The predicted octanol–water partition coefficient (Wildman–Crippen LogP) is 3.44. The number of hydrogen-bond donors (Lipinski definition) is 2. The van der Waals surface area contributed by atoms with Gasteiger partial charge < -0.3 is 19.9 Å². The molecule has 0 radical (unpaired) electrons. The van der Waals surface area contributed by atoms with E-state index >= 15 is 0 Å². The molecule has 0 bridgehead atoms. The van der Waals surface area contributed by atoms with E-state index < -0.39 is 5.97 Å². The van der Waals surface area contributed by atoms with Gasteiger partial charge in [0, 0.05) is 5.92 Å². The maximum atomic E-state index is 12.3. The van der Waals surface area contributed by atoms with Gasteiger partial charge in [0.15, 0.2) is 0 Å². The standard InChI is InChI=1S/C19H21NO5/c1-13(10-11-25-15-6-4-3-5-7-15)18(21)20-16-9-8-14(19(22)23)12-17(16)24-2/h3-9,12-13H,10-11H2,1-2H3,(H,20,21)(H,22,23). The molecule has 0 fully saturated rings. The zero-order valence-electron chi connectivity index (χ0n) is 14.2. The zero-order chi connectivity index (χ0) is 18.2. The largest absolute Gasteiger partial charge is 0.495 e. The van der Waals surface area contributed by atoms with Crippen LogP contribution in [0.2, 0.25) is 0 Å². The molecule has 1 unspecified atom stereocenters. The van der Waals surface area contributed by atoms with E-state index in [1.54, 1.807) is 0 Å². The van der Waals surface area contributed by atoms with Crippen LogP contribution in [0.1, 0.15) is 23.7 Å². The monoisotopic (exact) mass is 343 g/mol. The van der Waals surface area contributed by atoms with Crippen molar-refractivity contribution in [2.75, 3.05) is 19.0 Å². The van der Waals surface area contributed by atoms with Gasteiger partial charge in [-0.3, -0.25) is 4.79 Å². The van der Waals surface area contributed by atoms with Gasteiger partial charge in [0.25, 0.3) is 0 Å². The average Bonchev–Trinajstić information content (AvgIpc) is 2.62. The minimum Gasteiger partial charge on any atom is -0.495 e. The van der Waals surface area contributed by atoms with Crippen LogP contribution in [0, 0.1) is 5.92 Å². The molecule has 2 rings (SSSR count). The molecular formula is C19H21NO5. The van der Waals surface area contributed by atoms with Crippen LogP contribution in [0.25, 0.3) is 0 Å². The van der Waals surface area contributed by atoms with E-state index in [0.717, 1.165) is 5.75 Å². The van der Waals surface area contributed by atoms with Gasteiger partial charge in [-0.05, 0) is 36.8 Å². The number of methoxy groups -OCH3 is 1. The number of aromatic carboxylic acids is 1. The van der Waals surface area contributed by atoms with Gasteiger partial charge in [0.05, 0.1) is 25.0 Å². The maximum Gasteiger partial charge on any atom is 0.335 e. The molecule has 25 heavy (non-hydrogen) atoms. The highest BCUT2D eigenvalue weighted by atomic mass is 16.5. The molecule has 2 N–H and O–H groups in total. The molecule has 6 nitrogen and oxygen atoms in total. The highest BCUT2D eigenvalue weighted by molar-refractivity contribution is 5.95. The van der Waals surface area contributed by atoms with Crippen molar-refractivity contribution in [2.45, 2.75) is 13.3 Å². The van der Waals surface area contributed by atoms with Crippen LogP contribution in [0.5, 0.6) is 11.5 Å². The SMILES string of the molecule is COc1cc(C(=O)O)ccc1NC(=O)C(C)CCOc1ccccc1. The Morgan fingerprint density at radius 2 is 1.88 bits per heavy atom. The Labute approximate surface area is 146 Å². The van der Waals surface area contributed by atoms with Crippen molar-refractivity contribution in [2.24, 2.45) is 5.92 Å². The van der Waals surface area contributed by atoms with Crippen LogP contribution in [-0.2, 0) is 4.79 Å². The summed E-state index contributed by atoms with van der Waals surface area (Å²) in [6.45, 7) is 2.23. The Hall–Kier alpha value is -3.02. The van der Waals surface area contributed by atoms with E-state index in [-0.39, 0.29) is 17.4 Å². The summed E-state index contributed by atoms with van der Waals surface area (Å²) in [5.41, 5.74) is 0.535. The summed E-state index contributed by atoms with van der Waals surface area (Å²) in [5.74, 6) is -0.435. The number of ether oxygens (including phenoxy) is 2. The molecule has 0 saturated heterocycles. The second kappa shape index (κ2) is 8.73. The number of anilines is 1. The summed E-state index contributed by atoms with van der Waals surface area (Å²) in [4.78, 5) is 23.3. The Morgan fingerprint density at radius 1 is 1.16 bits per heavy atom. The summed E-state index contributed by atoms with van der Waals surface area (Å²) < 4.78 is 10.7. The Bertz CT molecular complexity index is 730. The molecule has 132 valence electrons. The number of carboxylic acids is 1. The van der Waals surface area contributed by atoms with E-state index in [9.17, 15) is 9.59 Å². The minimum absolute atomic E-state index is 0.0964. The van der Waals surface area contributed by atoms with Crippen molar-refractivity contribution >= 4 is 17.6 Å². The van der Waals surface area contributed by atoms with Gasteiger partial charge in [-0.2, -0.15) is 0 Å². The lowest BCUT2D eigenvalue weighted by Crippen LogP contribution is -2.22. The number of carboxylic acid groups (broad SMARTS) is 1. The zero-order valence-corrected chi connectivity index (χ0v) is 14.2. The van der Waals surface area contributed by atoms with E-state index in [2.05, 4.69) is 5.32 Å². The summed E-state index contributed by atoms with van der Waals surface area (Å²) in [6.07, 6.45) is 0.552. The first kappa shape index (κ1) is 18.3. The number of carbonyl (C=O) groups is 2. The Balaban J connectivity index is 1.91. The van der Waals surface area contributed by atoms with Crippen molar-refractivity contribution < 1.29 is 24.2 Å². The summed E-state index contributed by atoms with van der Waals surface area (Å²) in [6, 6.07) is 13.7. The highest BCUT2D eigenvalue weighted by Gasteiger charge is 2.16. The number of rotatable bonds is 8. The second-order valence-corrected chi connectivity index (χ2v) is 5.56. The van der Waals surface area contributed by atoms with E-state index in [4.69, 9.17) is 14.6 Å². The lowest BCUT2D eigenvalue weighted by Gasteiger charge is -2.15. The van der Waals surface area contributed by atoms with Gasteiger partial charge >= 0.3 is 5.97 Å². The van der Waals surface area contributed by atoms with Gasteiger partial charge in [0.1, 0.15) is 11.5 Å². The molecule has 0 aliphatic rings. The lowest BCUT2D eigenvalue weighted by atomic mass is 10.1. The topological polar surface area (TPSA) is 84.9 Å². The van der Waals surface area contributed by atoms with Crippen LogP contribution in [0.15, 0.2) is 48.5 Å². The van der Waals surface area contributed by atoms with E-state index in [1.165, 1.54) is 25.3 Å². The number of para-hydroxylation sites is 1. The number of carbonyl (C=O) groups excluding carboxylic acids is 1. The fraction of sp³-hybridized carbons (Fsp3) is 0.263. The van der Waals surface area contributed by atoms with Gasteiger partial charge in [-0.1, -0.05) is 25.1 Å². The first-order valence-electron chi connectivity index (χ1n) is 7.91. The van der Waals surface area contributed by atoms with Gasteiger partial charge in [0.2, 0.25) is 5.91 Å². The van der Waals surface area contributed by atoms with Gasteiger partial charge in [-0.25, -0.2) is 4.79 Å². The normalized spacial score (nSPS) is 11.4. The van der Waals surface area contributed by atoms with Gasteiger partial charge in [-0.15, -0.1) is 0 Å². The third-order valence-electron chi connectivity index (χ3n) is 3.72.